The van der Waals surface area contributed by atoms with Crippen molar-refractivity contribution in [2.45, 2.75) is 6.42 Å². The molecule has 3 nitrogen and oxygen atoms in total. The van der Waals surface area contributed by atoms with Gasteiger partial charge in [0.15, 0.2) is 0 Å². The molecule has 0 aromatic carbocycles. The molecule has 70 valence electrons. The van der Waals surface area contributed by atoms with Crippen molar-refractivity contribution < 1.29 is 0 Å². The van der Waals surface area contributed by atoms with Crippen LogP contribution in [-0.2, 0) is 6.42 Å². The van der Waals surface area contributed by atoms with Gasteiger partial charge in [0.2, 0.25) is 5.28 Å². The number of aromatic nitrogens is 2. The third-order valence-corrected chi connectivity index (χ3v) is 1.78. The van der Waals surface area contributed by atoms with Crippen LogP contribution in [0.3, 0.4) is 0 Å². The van der Waals surface area contributed by atoms with Crippen LogP contribution in [0.5, 0.6) is 0 Å². The maximum Gasteiger partial charge on any atom is 0.224 e. The lowest BCUT2D eigenvalue weighted by atomic mass is 10.2. The largest absolute Gasteiger partial charge is 0.362 e. The van der Waals surface area contributed by atoms with Crippen LogP contribution < -0.4 is 4.90 Å². The van der Waals surface area contributed by atoms with Gasteiger partial charge in [0.1, 0.15) is 5.82 Å². The Morgan fingerprint density at radius 3 is 2.85 bits per heavy atom. The molecule has 4 heteroatoms. The quantitative estimate of drug-likeness (QED) is 0.548. The van der Waals surface area contributed by atoms with Gasteiger partial charge in [-0.25, -0.2) is 9.97 Å². The number of rotatable bonds is 3. The molecule has 0 fully saturated rings. The first-order valence-corrected chi connectivity index (χ1v) is 4.32. The second-order valence-corrected chi connectivity index (χ2v) is 3.21. The van der Waals surface area contributed by atoms with E-state index in [1.165, 1.54) is 0 Å². The lowest BCUT2D eigenvalue weighted by Crippen LogP contribution is -2.13. The minimum atomic E-state index is 0.275. The summed E-state index contributed by atoms with van der Waals surface area (Å²) in [7, 11) is 3.84. The van der Waals surface area contributed by atoms with Gasteiger partial charge in [-0.2, -0.15) is 0 Å². The zero-order valence-electron chi connectivity index (χ0n) is 7.79. The second kappa shape index (κ2) is 4.23. The summed E-state index contributed by atoms with van der Waals surface area (Å²) in [4.78, 5) is 9.95. The van der Waals surface area contributed by atoms with Crippen LogP contribution >= 0.6 is 11.6 Å². The van der Waals surface area contributed by atoms with Gasteiger partial charge >= 0.3 is 0 Å². The summed E-state index contributed by atoms with van der Waals surface area (Å²) >= 11 is 5.69. The van der Waals surface area contributed by atoms with Crippen LogP contribution in [0.2, 0.25) is 5.28 Å². The first-order chi connectivity index (χ1) is 6.15. The molecule has 0 amide bonds. The Kier molecular flexibility index (Phi) is 3.25. The van der Waals surface area contributed by atoms with E-state index in [2.05, 4.69) is 16.5 Å². The van der Waals surface area contributed by atoms with Crippen LogP contribution in [-0.4, -0.2) is 24.1 Å². The summed E-state index contributed by atoms with van der Waals surface area (Å²) in [6.07, 6.45) is 4.30. The number of hydrogen-bond donors (Lipinski definition) is 0. The molecule has 0 atom stereocenters. The average molecular weight is 198 g/mol. The van der Waals surface area contributed by atoms with E-state index in [1.54, 1.807) is 6.20 Å². The summed E-state index contributed by atoms with van der Waals surface area (Å²) in [5, 5.41) is 0.275. The van der Waals surface area contributed by atoms with E-state index in [-0.39, 0.29) is 5.28 Å². The van der Waals surface area contributed by atoms with Gasteiger partial charge in [-0.1, -0.05) is 6.08 Å². The highest BCUT2D eigenvalue weighted by molar-refractivity contribution is 6.28. The van der Waals surface area contributed by atoms with Crippen molar-refractivity contribution in [3.63, 3.8) is 0 Å². The Balaban J connectivity index is 3.10. The number of hydrogen-bond acceptors (Lipinski definition) is 3. The molecule has 0 aliphatic carbocycles. The minimum Gasteiger partial charge on any atom is -0.362 e. The maximum atomic E-state index is 5.69. The Bertz CT molecular complexity index is 310. The van der Waals surface area contributed by atoms with Gasteiger partial charge in [0.05, 0.1) is 0 Å². The van der Waals surface area contributed by atoms with E-state index in [1.807, 2.05) is 25.1 Å². The maximum absolute atomic E-state index is 5.69. The van der Waals surface area contributed by atoms with Crippen molar-refractivity contribution in [1.82, 2.24) is 9.97 Å². The van der Waals surface area contributed by atoms with E-state index in [0.29, 0.717) is 0 Å². The van der Waals surface area contributed by atoms with Gasteiger partial charge in [-0.05, 0) is 18.0 Å². The van der Waals surface area contributed by atoms with Crippen molar-refractivity contribution in [3.05, 3.63) is 29.7 Å². The molecule has 1 aromatic heterocycles. The highest BCUT2D eigenvalue weighted by atomic mass is 35.5. The molecule has 0 radical (unpaired) electrons. The molecule has 0 spiro atoms. The van der Waals surface area contributed by atoms with E-state index >= 15 is 0 Å². The molecular weight excluding hydrogens is 186 g/mol. The number of nitrogens with zero attached hydrogens (tertiary/aromatic N) is 3. The highest BCUT2D eigenvalue weighted by Gasteiger charge is 2.06. The lowest BCUT2D eigenvalue weighted by Gasteiger charge is -2.14. The Labute approximate surface area is 83.1 Å². The minimum absolute atomic E-state index is 0.275. The molecule has 1 heterocycles. The molecule has 0 saturated heterocycles. The lowest BCUT2D eigenvalue weighted by molar-refractivity contribution is 0.997. The average Bonchev–Trinajstić information content (AvgIpc) is 2.08. The van der Waals surface area contributed by atoms with E-state index < -0.39 is 0 Å². The molecule has 0 bridgehead atoms. The van der Waals surface area contributed by atoms with Gasteiger partial charge < -0.3 is 4.90 Å². The molecule has 1 aromatic rings. The van der Waals surface area contributed by atoms with Gasteiger partial charge in [0, 0.05) is 25.9 Å². The van der Waals surface area contributed by atoms with Crippen molar-refractivity contribution in [3.8, 4) is 0 Å². The van der Waals surface area contributed by atoms with Crippen LogP contribution in [0, 0.1) is 0 Å². The van der Waals surface area contributed by atoms with Crippen LogP contribution in [0.1, 0.15) is 5.56 Å². The summed E-state index contributed by atoms with van der Waals surface area (Å²) < 4.78 is 0. The number of anilines is 1. The monoisotopic (exact) mass is 197 g/mol. The summed E-state index contributed by atoms with van der Waals surface area (Å²) in [6, 6.07) is 0. The standard InChI is InChI=1S/C9H12ClN3/c1-4-5-7-6-11-9(10)12-8(7)13(2)3/h4,6H,1,5H2,2-3H3. The van der Waals surface area contributed by atoms with Crippen molar-refractivity contribution in [2.75, 3.05) is 19.0 Å². The smallest absolute Gasteiger partial charge is 0.224 e. The van der Waals surface area contributed by atoms with Crippen molar-refractivity contribution in [2.24, 2.45) is 0 Å². The van der Waals surface area contributed by atoms with Gasteiger partial charge in [-0.15, -0.1) is 6.58 Å². The second-order valence-electron chi connectivity index (χ2n) is 2.88. The number of halogens is 1. The SMILES string of the molecule is C=CCc1cnc(Cl)nc1N(C)C. The third-order valence-electron chi connectivity index (χ3n) is 1.60. The van der Waals surface area contributed by atoms with Crippen LogP contribution in [0.15, 0.2) is 18.9 Å². The molecule has 13 heavy (non-hydrogen) atoms. The fraction of sp³-hybridized carbons (Fsp3) is 0.333. The van der Waals surface area contributed by atoms with Crippen LogP contribution in [0.25, 0.3) is 0 Å². The molecule has 0 unspecified atom stereocenters. The predicted molar refractivity (Wildman–Crippen MR) is 55.3 cm³/mol. The first kappa shape index (κ1) is 9.99. The van der Waals surface area contributed by atoms with Crippen molar-refractivity contribution in [1.29, 1.82) is 0 Å². The molecule has 0 saturated carbocycles. The molecule has 0 aliphatic rings. The Morgan fingerprint density at radius 2 is 2.31 bits per heavy atom. The molecule has 1 rings (SSSR count). The zero-order valence-corrected chi connectivity index (χ0v) is 8.54. The summed E-state index contributed by atoms with van der Waals surface area (Å²) in [5.41, 5.74) is 1.03. The van der Waals surface area contributed by atoms with E-state index in [9.17, 15) is 0 Å². The molecule has 0 N–H and O–H groups in total. The molecule has 0 aliphatic heterocycles. The van der Waals surface area contributed by atoms with Crippen molar-refractivity contribution >= 4 is 17.4 Å². The van der Waals surface area contributed by atoms with Gasteiger partial charge in [0.25, 0.3) is 0 Å². The fourth-order valence-electron chi connectivity index (χ4n) is 1.06. The van der Waals surface area contributed by atoms with Crippen LogP contribution in [0.4, 0.5) is 5.82 Å². The first-order valence-electron chi connectivity index (χ1n) is 3.94. The number of allylic oxidation sites excluding steroid dienone is 1. The predicted octanol–water partition coefficient (Wildman–Crippen LogP) is 1.92. The normalized spacial score (nSPS) is 9.77. The van der Waals surface area contributed by atoms with E-state index in [0.717, 1.165) is 17.8 Å². The Morgan fingerprint density at radius 1 is 1.62 bits per heavy atom. The topological polar surface area (TPSA) is 29.0 Å². The summed E-state index contributed by atoms with van der Waals surface area (Å²) in [6.45, 7) is 3.67. The third kappa shape index (κ3) is 2.42. The summed E-state index contributed by atoms with van der Waals surface area (Å²) in [5.74, 6) is 0.847. The zero-order chi connectivity index (χ0) is 9.84. The van der Waals surface area contributed by atoms with E-state index in [4.69, 9.17) is 11.6 Å². The van der Waals surface area contributed by atoms with Gasteiger partial charge in [-0.3, -0.25) is 0 Å². The fourth-order valence-corrected chi connectivity index (χ4v) is 1.19. The molecular formula is C9H12ClN3. The Hall–Kier alpha value is -1.09. The highest BCUT2D eigenvalue weighted by Crippen LogP contribution is 2.17.